The average Bonchev–Trinajstić information content (AvgIpc) is 1.55. The average molecular weight is 2800 g/mol. The molecule has 0 fully saturated rings. The Labute approximate surface area is 927 Å². The van der Waals surface area contributed by atoms with Crippen molar-refractivity contribution in [2.75, 3.05) is 168 Å². The largest absolute Gasteiger partial charge is 4.00 e. The molecule has 1 aliphatic rings. The van der Waals surface area contributed by atoms with Crippen LogP contribution in [0.4, 0.5) is 56.9 Å². The van der Waals surface area contributed by atoms with Gasteiger partial charge in [0.25, 0.3) is 0 Å². The van der Waals surface area contributed by atoms with E-state index < -0.39 is 5.41 Å². The zero-order chi connectivity index (χ0) is 98.8. The van der Waals surface area contributed by atoms with Gasteiger partial charge in [-0.1, -0.05) is 130 Å². The van der Waals surface area contributed by atoms with Crippen molar-refractivity contribution in [3.63, 3.8) is 0 Å². The molecule has 19 heteroatoms. The van der Waals surface area contributed by atoms with E-state index in [1.54, 1.807) is 0 Å². The van der Waals surface area contributed by atoms with Crippen molar-refractivity contribution in [3.05, 3.63) is 428 Å². The van der Waals surface area contributed by atoms with E-state index in [0.717, 1.165) is 117 Å². The summed E-state index contributed by atoms with van der Waals surface area (Å²) in [6.45, 7) is 21.9. The van der Waals surface area contributed by atoms with Gasteiger partial charge in [0, 0.05) is 94.8 Å². The SMILES string of the molecule is CN(C)Cc1[c-]c(C2(c3[c-]c(CN(C)C)ccc3)c3ccccc3-c3ccccc32)ccc1.CN(C)Cc1[c-]c(N(C)c2[c-]c(CN(C)C)ccc2)ccc1.CN(C)Cc1[c-]c(N(c2[c-]c(CN(C)C)ccc2)C(C)(C)C)ccc1.CN(C)Cc1[c-]c(N(c2[c-]c(CN(C)C)ccc2)c2ccccc2)ccc1.Cc1cc(C)c(N(c2[c-]c(CN(C)C)ccc2)c2[c-]c(CN(C)C)ccc2)c(C)c1.[Pt+4].[Pt+4].[Pt+4].[Pt+4].[Pt+4]. The molecule has 1 aliphatic carbocycles. The number of para-hydroxylation sites is 1. The second kappa shape index (κ2) is 58.6. The third-order valence-electron chi connectivity index (χ3n) is 22.8. The molecule has 0 heterocycles. The van der Waals surface area contributed by atoms with Crippen molar-refractivity contribution in [1.29, 1.82) is 0 Å². The van der Waals surface area contributed by atoms with Gasteiger partial charge in [-0.15, -0.1) is 115 Å². The Bertz CT molecular complexity index is 5830. The molecule has 0 amide bonds. The maximum atomic E-state index is 3.83. The molecule has 0 aliphatic heterocycles. The van der Waals surface area contributed by atoms with Crippen molar-refractivity contribution >= 4 is 56.9 Å². The van der Waals surface area contributed by atoms with E-state index in [0.29, 0.717) is 0 Å². The van der Waals surface area contributed by atoms with E-state index in [2.05, 4.69) is 586 Å². The quantitative estimate of drug-likeness (QED) is 0.0376. The molecule has 14 aromatic rings. The molecule has 14 aromatic carbocycles. The number of rotatable bonds is 32. The van der Waals surface area contributed by atoms with E-state index >= 15 is 0 Å². The van der Waals surface area contributed by atoms with Gasteiger partial charge < -0.3 is 68.6 Å². The van der Waals surface area contributed by atoms with Gasteiger partial charge in [0.2, 0.25) is 0 Å². The van der Waals surface area contributed by atoms with Gasteiger partial charge in [-0.05, 0) is 228 Å². The molecule has 748 valence electrons. The zero-order valence-corrected chi connectivity index (χ0v) is 99.8. The van der Waals surface area contributed by atoms with Crippen LogP contribution in [0.3, 0.4) is 0 Å². The molecular formula is C123H146N14Pt5+10. The van der Waals surface area contributed by atoms with Gasteiger partial charge in [0.15, 0.2) is 0 Å². The van der Waals surface area contributed by atoms with Crippen LogP contribution in [-0.2, 0) is 176 Å². The van der Waals surface area contributed by atoms with Crippen LogP contribution in [-0.4, -0.2) is 203 Å². The fraction of sp³-hybridized carbons (Fsp3) is 0.317. The van der Waals surface area contributed by atoms with Crippen molar-refractivity contribution in [2.45, 2.75) is 118 Å². The third-order valence-corrected chi connectivity index (χ3v) is 22.8. The molecule has 14 nitrogen and oxygen atoms in total. The first-order valence-corrected chi connectivity index (χ1v) is 47.5. The number of hydrogen-bond acceptors (Lipinski definition) is 14. The Morgan fingerprint density at radius 3 is 0.711 bits per heavy atom. The predicted molar refractivity (Wildman–Crippen MR) is 578 cm³/mol. The first-order valence-electron chi connectivity index (χ1n) is 47.5. The molecule has 0 N–H and O–H groups in total. The summed E-state index contributed by atoms with van der Waals surface area (Å²) >= 11 is 0. The van der Waals surface area contributed by atoms with Crippen LogP contribution in [0, 0.1) is 81.4 Å². The van der Waals surface area contributed by atoms with E-state index in [1.165, 1.54) is 111 Å². The summed E-state index contributed by atoms with van der Waals surface area (Å²) in [7, 11) is 43.8. The summed E-state index contributed by atoms with van der Waals surface area (Å²) in [6, 6.07) is 133. The van der Waals surface area contributed by atoms with E-state index in [-0.39, 0.29) is 111 Å². The minimum Gasteiger partial charge on any atom is -0.391 e. The van der Waals surface area contributed by atoms with Gasteiger partial charge in [0.1, 0.15) is 0 Å². The summed E-state index contributed by atoms with van der Waals surface area (Å²) in [5, 5.41) is 0. The number of aryl methyl sites for hydroxylation is 3. The normalized spacial score (nSPS) is 11.6. The molecular weight excluding hydrogens is 2650 g/mol. The summed E-state index contributed by atoms with van der Waals surface area (Å²) in [5.41, 5.74) is 33.5. The molecule has 0 radical (unpaired) electrons. The molecule has 0 saturated heterocycles. The Balaban J connectivity index is 0.000000271. The van der Waals surface area contributed by atoms with Crippen LogP contribution in [0.15, 0.2) is 273 Å². The Kier molecular flexibility index (Phi) is 50.4. The van der Waals surface area contributed by atoms with Crippen LogP contribution < -0.4 is 19.6 Å². The van der Waals surface area contributed by atoms with E-state index in [1.807, 2.05) is 6.07 Å². The van der Waals surface area contributed by atoms with Gasteiger partial charge in [0.05, 0.1) is 0 Å². The second-order valence-corrected chi connectivity index (χ2v) is 39.7. The van der Waals surface area contributed by atoms with Gasteiger partial charge in [-0.25, -0.2) is 0 Å². The van der Waals surface area contributed by atoms with Crippen molar-refractivity contribution < 1.29 is 105 Å². The summed E-state index contributed by atoms with van der Waals surface area (Å²) in [6.07, 6.45) is 0. The molecule has 0 saturated carbocycles. The second-order valence-electron chi connectivity index (χ2n) is 39.7. The number of nitrogens with zero attached hydrogens (tertiary/aromatic N) is 14. The smallest absolute Gasteiger partial charge is 0.391 e. The maximum absolute atomic E-state index is 3.83. The Hall–Kier alpha value is -8.68. The van der Waals surface area contributed by atoms with Crippen LogP contribution in [0.2, 0.25) is 0 Å². The first kappa shape index (κ1) is 122. The molecule has 0 unspecified atom stereocenters. The van der Waals surface area contributed by atoms with Crippen molar-refractivity contribution in [2.24, 2.45) is 0 Å². The first-order chi connectivity index (χ1) is 65.4. The number of anilines is 10. The zero-order valence-electron chi connectivity index (χ0n) is 88.4. The standard InChI is InChI=1S/C31H30N2.C27H33N3.C24H27N3.C22H31N3.C19H25N3.5Pt/c1-32(2)21-23-11-9-13-25(19-23)31(26-14-10-12-24(20-26)22-33(3)4)29-17-7-5-15-27(29)28-16-6-8-18-30(28)31;1-20-14-21(2)27(22(3)15-20)30(25-12-8-10-23(16-25)18-28(4)5)26-13-9-11-24(17-26)19-29(6)7;1-25(2)18-20-10-8-14-23(16-20)27(22-12-6-5-7-13-22)24-15-9-11-21(17-24)19-26(3)4;1-22(2,3)25(20-12-8-10-18(14-20)16-23(4)5)21-13-9-11-19(15-21)17-24(6)7;1-20(2)14-16-8-6-10-18(12-16)22(5)19-11-7-9-17(13-19)15-21(3)4;;;;;/h5-18H,21-22H2,1-4H3;8-15H,18-19H2,1-7H3;5-15H,18-19H2,1-4H3;8-13H,16-17H2,1-7H3;6-11H,14-15H2,1-5H3;;;;;/q5*-2;5*+4. The Morgan fingerprint density at radius 2 is 0.444 bits per heavy atom. The van der Waals surface area contributed by atoms with Gasteiger partial charge in [-0.3, -0.25) is 0 Å². The van der Waals surface area contributed by atoms with Crippen LogP contribution >= 0.6 is 0 Å². The van der Waals surface area contributed by atoms with Crippen molar-refractivity contribution in [3.8, 4) is 11.1 Å². The molecule has 0 spiro atoms. The minimum atomic E-state index is -0.447. The van der Waals surface area contributed by atoms with Gasteiger partial charge in [-0.2, -0.15) is 194 Å². The number of hydrogen-bond donors (Lipinski definition) is 0. The number of fused-ring (bicyclic) bond motifs is 3. The van der Waals surface area contributed by atoms with Crippen LogP contribution in [0.25, 0.3) is 11.1 Å². The number of benzene rings is 14. The molecule has 0 bridgehead atoms. The molecule has 15 rings (SSSR count). The Morgan fingerprint density at radius 1 is 0.225 bits per heavy atom. The molecule has 142 heavy (non-hydrogen) atoms. The van der Waals surface area contributed by atoms with Crippen molar-refractivity contribution in [1.82, 2.24) is 49.0 Å². The van der Waals surface area contributed by atoms with Crippen LogP contribution in [0.1, 0.15) is 115 Å². The topological polar surface area (TPSA) is 45.4 Å². The fourth-order valence-electron chi connectivity index (χ4n) is 17.8. The predicted octanol–water partition coefficient (Wildman–Crippen LogP) is 24.0. The molecule has 0 aromatic heterocycles. The summed E-state index contributed by atoms with van der Waals surface area (Å²) < 4.78 is 0. The summed E-state index contributed by atoms with van der Waals surface area (Å²) in [5.74, 6) is 0. The van der Waals surface area contributed by atoms with Crippen LogP contribution in [0.5, 0.6) is 0 Å². The maximum Gasteiger partial charge on any atom is 4.00 e. The third kappa shape index (κ3) is 35.3. The summed E-state index contributed by atoms with van der Waals surface area (Å²) in [4.78, 5) is 30.7. The van der Waals surface area contributed by atoms with E-state index in [9.17, 15) is 0 Å². The molecule has 0 atom stereocenters. The van der Waals surface area contributed by atoms with Gasteiger partial charge >= 0.3 is 105 Å². The van der Waals surface area contributed by atoms with E-state index in [4.69, 9.17) is 0 Å². The monoisotopic (exact) mass is 2790 g/mol. The fourth-order valence-corrected chi connectivity index (χ4v) is 17.8. The minimum absolute atomic E-state index is 0.